The van der Waals surface area contributed by atoms with Crippen molar-refractivity contribution in [1.82, 2.24) is 15.5 Å². The highest BCUT2D eigenvalue weighted by Gasteiger charge is 2.36. The number of aryl methyl sites for hydroxylation is 1. The summed E-state index contributed by atoms with van der Waals surface area (Å²) in [6.07, 6.45) is 4.54. The summed E-state index contributed by atoms with van der Waals surface area (Å²) in [5.41, 5.74) is 2.85. The zero-order valence-corrected chi connectivity index (χ0v) is 27.0. The van der Waals surface area contributed by atoms with E-state index in [1.165, 1.54) is 0 Å². The number of benzene rings is 3. The van der Waals surface area contributed by atoms with Crippen molar-refractivity contribution >= 4 is 17.9 Å². The van der Waals surface area contributed by atoms with Crippen molar-refractivity contribution in [1.29, 1.82) is 0 Å². The summed E-state index contributed by atoms with van der Waals surface area (Å²) in [6.45, 7) is 10.2. The van der Waals surface area contributed by atoms with E-state index in [-0.39, 0.29) is 18.2 Å². The van der Waals surface area contributed by atoms with Crippen LogP contribution in [-0.2, 0) is 27.3 Å². The lowest BCUT2D eigenvalue weighted by atomic mass is 9.98. The number of rotatable bonds is 15. The van der Waals surface area contributed by atoms with E-state index in [2.05, 4.69) is 17.6 Å². The van der Waals surface area contributed by atoms with E-state index in [0.717, 1.165) is 54.4 Å². The third kappa shape index (κ3) is 11.5. The van der Waals surface area contributed by atoms with Gasteiger partial charge in [0.1, 0.15) is 17.7 Å². The minimum atomic E-state index is -0.933. The molecule has 3 aromatic rings. The normalized spacial score (nSPS) is 12.6. The van der Waals surface area contributed by atoms with Crippen molar-refractivity contribution in [2.75, 3.05) is 6.54 Å². The Morgan fingerprint density at radius 2 is 1.45 bits per heavy atom. The van der Waals surface area contributed by atoms with Gasteiger partial charge < -0.3 is 20.3 Å². The van der Waals surface area contributed by atoms with Gasteiger partial charge in [0, 0.05) is 19.5 Å². The Morgan fingerprint density at radius 3 is 2.07 bits per heavy atom. The summed E-state index contributed by atoms with van der Waals surface area (Å²) in [5, 5.41) is 5.92. The van der Waals surface area contributed by atoms with Crippen molar-refractivity contribution < 1.29 is 19.1 Å². The number of carbonyl (C=O) groups excluding carboxylic acids is 3. The first kappa shape index (κ1) is 34.4. The number of alkyl carbamates (subject to hydrolysis) is 1. The van der Waals surface area contributed by atoms with Gasteiger partial charge in [-0.2, -0.15) is 0 Å². The van der Waals surface area contributed by atoms with Gasteiger partial charge in [0.25, 0.3) is 0 Å². The highest BCUT2D eigenvalue weighted by Crippen LogP contribution is 2.25. The molecule has 0 radical (unpaired) electrons. The third-order valence-electron chi connectivity index (χ3n) is 7.28. The fourth-order valence-corrected chi connectivity index (χ4v) is 5.15. The molecular weight excluding hydrogens is 550 g/mol. The van der Waals surface area contributed by atoms with Gasteiger partial charge >= 0.3 is 6.09 Å². The summed E-state index contributed by atoms with van der Waals surface area (Å²) < 4.78 is 5.56. The molecule has 0 aliphatic heterocycles. The van der Waals surface area contributed by atoms with E-state index in [0.29, 0.717) is 13.1 Å². The van der Waals surface area contributed by atoms with Crippen LogP contribution in [0.1, 0.15) is 88.1 Å². The molecule has 0 spiro atoms. The van der Waals surface area contributed by atoms with E-state index >= 15 is 0 Å². The highest BCUT2D eigenvalue weighted by atomic mass is 16.6. The smallest absolute Gasteiger partial charge is 0.408 e. The number of hydrogen-bond acceptors (Lipinski definition) is 4. The predicted molar refractivity (Wildman–Crippen MR) is 176 cm³/mol. The number of unbranched alkanes of at least 4 members (excludes halogenated alkanes) is 4. The van der Waals surface area contributed by atoms with Crippen LogP contribution in [0, 0.1) is 6.92 Å². The summed E-state index contributed by atoms with van der Waals surface area (Å²) >= 11 is 0. The number of hydrogen-bond donors (Lipinski definition) is 2. The molecule has 0 saturated carbocycles. The lowest BCUT2D eigenvalue weighted by Gasteiger charge is -2.35. The van der Waals surface area contributed by atoms with Crippen LogP contribution >= 0.6 is 0 Å². The molecule has 0 saturated heterocycles. The average Bonchev–Trinajstić information content (AvgIpc) is 2.98. The Kier molecular flexibility index (Phi) is 13.5. The quantitative estimate of drug-likeness (QED) is 0.180. The first-order chi connectivity index (χ1) is 21.1. The number of carbonyl (C=O) groups is 3. The fraction of sp³-hybridized carbons (Fsp3) is 0.432. The second-order valence-corrected chi connectivity index (χ2v) is 12.4. The monoisotopic (exact) mass is 599 g/mol. The molecule has 7 heteroatoms. The van der Waals surface area contributed by atoms with E-state index < -0.39 is 23.8 Å². The zero-order valence-electron chi connectivity index (χ0n) is 27.0. The van der Waals surface area contributed by atoms with Gasteiger partial charge in [0.05, 0.1) is 0 Å². The molecule has 0 aromatic heterocycles. The molecule has 2 atom stereocenters. The Morgan fingerprint density at radius 1 is 0.818 bits per heavy atom. The SMILES string of the molecule is CCCCCCCN(C(=O)C(Cc1ccccc1)NC(=O)OC(C)(C)C)C(C(=O)NCc1ccccc1)c1cccc(C)c1. The first-order valence-corrected chi connectivity index (χ1v) is 15.8. The van der Waals surface area contributed by atoms with Crippen LogP contribution in [0.15, 0.2) is 84.9 Å². The standard InChI is InChI=1S/C37H49N3O4/c1-6-7-8-9-16-24-40(35(42)32(26-29-19-12-10-13-20-29)39-36(43)44-37(3,4)5)33(31-23-17-18-28(2)25-31)34(41)38-27-30-21-14-11-15-22-30/h10-15,17-23,25,32-33H,6-9,16,24,26-27H2,1-5H3,(H,38,41)(H,39,43). The maximum absolute atomic E-state index is 14.6. The lowest BCUT2D eigenvalue weighted by Crippen LogP contribution is -2.54. The average molecular weight is 600 g/mol. The van der Waals surface area contributed by atoms with Crippen LogP contribution in [0.3, 0.4) is 0 Å². The molecule has 44 heavy (non-hydrogen) atoms. The van der Waals surface area contributed by atoms with E-state index in [9.17, 15) is 14.4 Å². The Balaban J connectivity index is 2.01. The maximum atomic E-state index is 14.6. The van der Waals surface area contributed by atoms with Crippen LogP contribution in [0.2, 0.25) is 0 Å². The summed E-state index contributed by atoms with van der Waals surface area (Å²) in [4.78, 5) is 43.4. The van der Waals surface area contributed by atoms with Crippen molar-refractivity contribution in [2.45, 2.75) is 97.4 Å². The van der Waals surface area contributed by atoms with E-state index in [1.807, 2.05) is 91.9 Å². The molecule has 2 unspecified atom stereocenters. The Hall–Kier alpha value is -4.13. The van der Waals surface area contributed by atoms with Gasteiger partial charge in [0.2, 0.25) is 11.8 Å². The zero-order chi connectivity index (χ0) is 32.0. The second-order valence-electron chi connectivity index (χ2n) is 12.4. The molecule has 236 valence electrons. The summed E-state index contributed by atoms with van der Waals surface area (Å²) in [5.74, 6) is -0.589. The molecule has 3 aromatic carbocycles. The lowest BCUT2D eigenvalue weighted by molar-refractivity contribution is -0.142. The molecular formula is C37H49N3O4. The van der Waals surface area contributed by atoms with Gasteiger partial charge in [-0.15, -0.1) is 0 Å². The highest BCUT2D eigenvalue weighted by molar-refractivity contribution is 5.92. The van der Waals surface area contributed by atoms with Crippen molar-refractivity contribution in [3.05, 3.63) is 107 Å². The largest absolute Gasteiger partial charge is 0.444 e. The Bertz CT molecular complexity index is 1320. The summed E-state index contributed by atoms with van der Waals surface area (Å²) in [6, 6.07) is 25.2. The number of nitrogens with one attached hydrogen (secondary N) is 2. The third-order valence-corrected chi connectivity index (χ3v) is 7.28. The second kappa shape index (κ2) is 17.2. The molecule has 0 fully saturated rings. The molecule has 0 bridgehead atoms. The Labute approximate surface area is 263 Å². The molecule has 7 nitrogen and oxygen atoms in total. The summed E-state index contributed by atoms with van der Waals surface area (Å²) in [7, 11) is 0. The number of nitrogens with zero attached hydrogens (tertiary/aromatic N) is 1. The van der Waals surface area contributed by atoms with Gasteiger partial charge in [0.15, 0.2) is 0 Å². The van der Waals surface area contributed by atoms with Gasteiger partial charge in [-0.25, -0.2) is 4.79 Å². The van der Waals surface area contributed by atoms with Crippen molar-refractivity contribution in [3.63, 3.8) is 0 Å². The topological polar surface area (TPSA) is 87.7 Å². The minimum Gasteiger partial charge on any atom is -0.444 e. The fourth-order valence-electron chi connectivity index (χ4n) is 5.15. The van der Waals surface area contributed by atoms with E-state index in [4.69, 9.17) is 4.74 Å². The van der Waals surface area contributed by atoms with Crippen LogP contribution in [-0.4, -0.2) is 41.0 Å². The molecule has 3 rings (SSSR count). The first-order valence-electron chi connectivity index (χ1n) is 15.8. The molecule has 0 aliphatic rings. The minimum absolute atomic E-state index is 0.261. The van der Waals surface area contributed by atoms with Crippen LogP contribution < -0.4 is 10.6 Å². The number of amides is 3. The molecule has 2 N–H and O–H groups in total. The predicted octanol–water partition coefficient (Wildman–Crippen LogP) is 7.29. The van der Waals surface area contributed by atoms with Crippen molar-refractivity contribution in [2.24, 2.45) is 0 Å². The van der Waals surface area contributed by atoms with E-state index in [1.54, 1.807) is 25.7 Å². The molecule has 0 aliphatic carbocycles. The maximum Gasteiger partial charge on any atom is 0.408 e. The number of ether oxygens (including phenoxy) is 1. The molecule has 0 heterocycles. The van der Waals surface area contributed by atoms with Crippen LogP contribution in [0.4, 0.5) is 4.79 Å². The van der Waals surface area contributed by atoms with Crippen LogP contribution in [0.25, 0.3) is 0 Å². The van der Waals surface area contributed by atoms with Crippen LogP contribution in [0.5, 0.6) is 0 Å². The van der Waals surface area contributed by atoms with Gasteiger partial charge in [-0.3, -0.25) is 9.59 Å². The van der Waals surface area contributed by atoms with Gasteiger partial charge in [-0.05, 0) is 50.8 Å². The van der Waals surface area contributed by atoms with Gasteiger partial charge in [-0.1, -0.05) is 123 Å². The molecule has 3 amide bonds. The van der Waals surface area contributed by atoms with Crippen molar-refractivity contribution in [3.8, 4) is 0 Å².